The van der Waals surface area contributed by atoms with Crippen LogP contribution in [0.1, 0.15) is 13.3 Å². The molecule has 3 N–H and O–H groups in total. The molecule has 5 nitrogen and oxygen atoms in total. The highest BCUT2D eigenvalue weighted by Crippen LogP contribution is 2.18. The first-order chi connectivity index (χ1) is 9.06. The van der Waals surface area contributed by atoms with Crippen molar-refractivity contribution in [1.29, 1.82) is 0 Å². The lowest BCUT2D eigenvalue weighted by Crippen LogP contribution is -2.47. The first-order valence-electron chi connectivity index (χ1n) is 6.50. The number of nitrogens with zero attached hydrogens (tertiary/aromatic N) is 1. The van der Waals surface area contributed by atoms with E-state index in [2.05, 4.69) is 0 Å². The molecule has 1 fully saturated rings. The summed E-state index contributed by atoms with van der Waals surface area (Å²) in [7, 11) is 0. The van der Waals surface area contributed by atoms with Crippen molar-refractivity contribution in [2.45, 2.75) is 19.4 Å². The van der Waals surface area contributed by atoms with Crippen LogP contribution in [0.15, 0.2) is 24.3 Å². The molecule has 1 amide bonds. The Kier molecular flexibility index (Phi) is 4.27. The fourth-order valence-corrected chi connectivity index (χ4v) is 2.12. The zero-order valence-electron chi connectivity index (χ0n) is 11.1. The van der Waals surface area contributed by atoms with Gasteiger partial charge in [0.05, 0.1) is 6.10 Å². The fraction of sp³-hybridized carbons (Fsp3) is 0.500. The number of piperidine rings is 1. The van der Waals surface area contributed by atoms with E-state index in [-0.39, 0.29) is 18.4 Å². The summed E-state index contributed by atoms with van der Waals surface area (Å²) in [6.45, 7) is 3.04. The lowest BCUT2D eigenvalue weighted by molar-refractivity contribution is -0.137. The van der Waals surface area contributed by atoms with Gasteiger partial charge in [-0.1, -0.05) is 13.0 Å². The fourth-order valence-electron chi connectivity index (χ4n) is 2.12. The molecule has 0 aromatic heterocycles. The molecular formula is C14H20N2O3. The first kappa shape index (κ1) is 13.7. The summed E-state index contributed by atoms with van der Waals surface area (Å²) in [6.07, 6.45) is 0.385. The van der Waals surface area contributed by atoms with E-state index < -0.39 is 6.10 Å². The number of rotatable bonds is 3. The van der Waals surface area contributed by atoms with Crippen molar-refractivity contribution in [2.24, 2.45) is 5.92 Å². The topological polar surface area (TPSA) is 75.8 Å². The van der Waals surface area contributed by atoms with Gasteiger partial charge in [0.15, 0.2) is 6.61 Å². The standard InChI is InChI=1S/C14H20N2O3/c1-10-5-6-16(8-13(10)17)14(18)9-19-12-4-2-3-11(15)7-12/h2-4,7,10,13,17H,5-6,8-9,15H2,1H3. The number of nitrogens with two attached hydrogens (primary N) is 1. The second-order valence-corrected chi connectivity index (χ2v) is 5.03. The van der Waals surface area contributed by atoms with Gasteiger partial charge in [-0.05, 0) is 24.5 Å². The number of benzene rings is 1. The zero-order valence-corrected chi connectivity index (χ0v) is 11.1. The Balaban J connectivity index is 1.84. The Morgan fingerprint density at radius 1 is 1.58 bits per heavy atom. The van der Waals surface area contributed by atoms with Crippen LogP contribution in [0, 0.1) is 5.92 Å². The molecule has 1 saturated heterocycles. The molecule has 1 aromatic rings. The quantitative estimate of drug-likeness (QED) is 0.795. The third-order valence-electron chi connectivity index (χ3n) is 3.49. The minimum atomic E-state index is -0.440. The Hall–Kier alpha value is -1.75. The van der Waals surface area contributed by atoms with Gasteiger partial charge in [0.2, 0.25) is 0 Å². The van der Waals surface area contributed by atoms with Crippen LogP contribution in [-0.4, -0.2) is 41.7 Å². The van der Waals surface area contributed by atoms with Gasteiger partial charge < -0.3 is 20.5 Å². The van der Waals surface area contributed by atoms with E-state index >= 15 is 0 Å². The van der Waals surface area contributed by atoms with Crippen molar-refractivity contribution in [3.8, 4) is 5.75 Å². The Labute approximate surface area is 113 Å². The maximum atomic E-state index is 12.0. The van der Waals surface area contributed by atoms with Crippen molar-refractivity contribution in [2.75, 3.05) is 25.4 Å². The maximum absolute atomic E-state index is 12.0. The van der Waals surface area contributed by atoms with Crippen molar-refractivity contribution in [3.63, 3.8) is 0 Å². The van der Waals surface area contributed by atoms with Crippen LogP contribution in [0.2, 0.25) is 0 Å². The summed E-state index contributed by atoms with van der Waals surface area (Å²) < 4.78 is 5.41. The second-order valence-electron chi connectivity index (χ2n) is 5.03. The first-order valence-corrected chi connectivity index (χ1v) is 6.50. The number of carbonyl (C=O) groups is 1. The molecule has 104 valence electrons. The number of nitrogen functional groups attached to an aromatic ring is 1. The molecule has 1 aliphatic heterocycles. The molecular weight excluding hydrogens is 244 g/mol. The number of hydrogen-bond acceptors (Lipinski definition) is 4. The third kappa shape index (κ3) is 3.61. The minimum absolute atomic E-state index is 0.0233. The van der Waals surface area contributed by atoms with Gasteiger partial charge in [-0.2, -0.15) is 0 Å². The third-order valence-corrected chi connectivity index (χ3v) is 3.49. The molecule has 5 heteroatoms. The van der Waals surface area contributed by atoms with Crippen molar-refractivity contribution < 1.29 is 14.6 Å². The predicted octanol–water partition coefficient (Wildman–Crippen LogP) is 0.877. The Morgan fingerprint density at radius 2 is 2.37 bits per heavy atom. The lowest BCUT2D eigenvalue weighted by atomic mass is 9.96. The van der Waals surface area contributed by atoms with E-state index in [9.17, 15) is 9.90 Å². The van der Waals surface area contributed by atoms with Crippen LogP contribution in [0.3, 0.4) is 0 Å². The van der Waals surface area contributed by atoms with Crippen LogP contribution >= 0.6 is 0 Å². The summed E-state index contributed by atoms with van der Waals surface area (Å²) >= 11 is 0. The van der Waals surface area contributed by atoms with Gasteiger partial charge >= 0.3 is 0 Å². The van der Waals surface area contributed by atoms with Gasteiger partial charge in [0, 0.05) is 24.8 Å². The monoisotopic (exact) mass is 264 g/mol. The van der Waals surface area contributed by atoms with E-state index in [1.165, 1.54) is 0 Å². The van der Waals surface area contributed by atoms with Gasteiger partial charge in [0.25, 0.3) is 5.91 Å². The largest absolute Gasteiger partial charge is 0.484 e. The molecule has 0 saturated carbocycles. The van der Waals surface area contributed by atoms with Gasteiger partial charge in [-0.25, -0.2) is 0 Å². The van der Waals surface area contributed by atoms with Crippen LogP contribution in [0.4, 0.5) is 5.69 Å². The summed E-state index contributed by atoms with van der Waals surface area (Å²) in [4.78, 5) is 13.6. The number of anilines is 1. The van der Waals surface area contributed by atoms with Gasteiger partial charge in [0.1, 0.15) is 5.75 Å². The smallest absolute Gasteiger partial charge is 0.260 e. The van der Waals surface area contributed by atoms with Crippen LogP contribution < -0.4 is 10.5 Å². The number of likely N-dealkylation sites (tertiary alicyclic amines) is 1. The predicted molar refractivity (Wildman–Crippen MR) is 72.7 cm³/mol. The summed E-state index contributed by atoms with van der Waals surface area (Å²) in [5.41, 5.74) is 6.24. The van der Waals surface area contributed by atoms with E-state index in [0.29, 0.717) is 24.5 Å². The van der Waals surface area contributed by atoms with Crippen LogP contribution in [-0.2, 0) is 4.79 Å². The Bertz CT molecular complexity index is 450. The number of aliphatic hydroxyl groups excluding tert-OH is 1. The molecule has 2 rings (SSSR count). The SMILES string of the molecule is CC1CCN(C(=O)COc2cccc(N)c2)CC1O. The van der Waals surface area contributed by atoms with Crippen LogP contribution in [0.25, 0.3) is 0 Å². The average molecular weight is 264 g/mol. The molecule has 0 aliphatic carbocycles. The lowest BCUT2D eigenvalue weighted by Gasteiger charge is -2.34. The normalized spacial score (nSPS) is 23.2. The molecule has 1 heterocycles. The molecule has 0 radical (unpaired) electrons. The highest BCUT2D eigenvalue weighted by Gasteiger charge is 2.27. The summed E-state index contributed by atoms with van der Waals surface area (Å²) in [5.74, 6) is 0.728. The molecule has 1 aliphatic rings. The Morgan fingerprint density at radius 3 is 3.05 bits per heavy atom. The van der Waals surface area contributed by atoms with E-state index in [1.807, 2.05) is 6.92 Å². The zero-order chi connectivity index (χ0) is 13.8. The molecule has 2 atom stereocenters. The molecule has 0 spiro atoms. The molecule has 0 bridgehead atoms. The van der Waals surface area contributed by atoms with E-state index in [4.69, 9.17) is 10.5 Å². The number of β-amino-alcohol motifs (C(OH)–C–C–N with tert-alkyl or cyclic N) is 1. The van der Waals surface area contributed by atoms with Gasteiger partial charge in [-0.15, -0.1) is 0 Å². The number of hydrogen-bond donors (Lipinski definition) is 2. The van der Waals surface area contributed by atoms with Crippen molar-refractivity contribution in [1.82, 2.24) is 4.90 Å². The number of carbonyl (C=O) groups excluding carboxylic acids is 1. The van der Waals surface area contributed by atoms with Crippen molar-refractivity contribution >= 4 is 11.6 Å². The number of aliphatic hydroxyl groups is 1. The van der Waals surface area contributed by atoms with Gasteiger partial charge in [-0.3, -0.25) is 4.79 Å². The van der Waals surface area contributed by atoms with E-state index in [1.54, 1.807) is 29.2 Å². The highest BCUT2D eigenvalue weighted by atomic mass is 16.5. The maximum Gasteiger partial charge on any atom is 0.260 e. The highest BCUT2D eigenvalue weighted by molar-refractivity contribution is 5.78. The second kappa shape index (κ2) is 5.93. The van der Waals surface area contributed by atoms with Crippen LogP contribution in [0.5, 0.6) is 5.75 Å². The molecule has 19 heavy (non-hydrogen) atoms. The average Bonchev–Trinajstić information content (AvgIpc) is 2.39. The summed E-state index contributed by atoms with van der Waals surface area (Å²) in [6, 6.07) is 6.98. The minimum Gasteiger partial charge on any atom is -0.484 e. The van der Waals surface area contributed by atoms with Crippen molar-refractivity contribution in [3.05, 3.63) is 24.3 Å². The number of ether oxygens (including phenoxy) is 1. The number of amides is 1. The van der Waals surface area contributed by atoms with E-state index in [0.717, 1.165) is 6.42 Å². The molecule has 2 unspecified atom stereocenters. The molecule has 1 aromatic carbocycles. The summed E-state index contributed by atoms with van der Waals surface area (Å²) in [5, 5.41) is 9.77.